The summed E-state index contributed by atoms with van der Waals surface area (Å²) in [5.41, 5.74) is 28.6. The van der Waals surface area contributed by atoms with Crippen LogP contribution in [-0.2, 0) is 51.4 Å². The van der Waals surface area contributed by atoms with E-state index < -0.39 is 0 Å². The maximum absolute atomic E-state index is 9.41. The van der Waals surface area contributed by atoms with Crippen LogP contribution < -0.4 is 0 Å². The third kappa shape index (κ3) is 9.93. The lowest BCUT2D eigenvalue weighted by Gasteiger charge is -2.18. The number of fused-ring (bicyclic) bond motifs is 2. The first-order chi connectivity index (χ1) is 36.0. The number of nitrogens with zero attached hydrogens (tertiary/aromatic N) is 4. The van der Waals surface area contributed by atoms with Gasteiger partial charge in [0, 0.05) is 35.3 Å². The number of benzene rings is 7. The van der Waals surface area contributed by atoms with Crippen molar-refractivity contribution in [2.75, 3.05) is 0 Å². The second-order valence-electron chi connectivity index (χ2n) is 20.1. The van der Waals surface area contributed by atoms with Gasteiger partial charge in [0.2, 0.25) is 0 Å². The third-order valence-electron chi connectivity index (χ3n) is 15.2. The van der Waals surface area contributed by atoms with Crippen LogP contribution in [0.2, 0.25) is 0 Å². The molecule has 0 radical (unpaired) electrons. The van der Waals surface area contributed by atoms with Gasteiger partial charge in [0.05, 0.1) is 28.7 Å². The highest BCUT2D eigenvalue weighted by atomic mass is 14.7. The van der Waals surface area contributed by atoms with E-state index in [1.807, 2.05) is 30.5 Å². The normalized spacial score (nSPS) is 12.6. The molecule has 73 heavy (non-hydrogen) atoms. The Kier molecular flexibility index (Phi) is 12.7. The van der Waals surface area contributed by atoms with Crippen LogP contribution >= 0.6 is 0 Å². The largest absolute Gasteiger partial charge is 0.256 e. The Balaban J connectivity index is 0.884. The minimum atomic E-state index is 0.658. The van der Waals surface area contributed by atoms with Crippen molar-refractivity contribution in [3.63, 3.8) is 0 Å². The molecule has 0 saturated carbocycles. The number of nitriles is 1. The standard InChI is InChI=1S/C69H56N4/c1-46-12-35-67(71-43-46)59-33-34-65(66(39-59)54-31-29-53(30-32-54)52-23-21-49(42-70)22-24-52)64-11-3-2-10-63(64)62-37-50(15-13-47-17-25-55(26-18-47)68-40-57-6-4-8-60(57)44-72-68)36-51(38-62)16-14-48-19-27-56(28-20-48)69-41-58-7-5-9-61(58)45-73-69/h2-3,10-12,17-41,43-45H,4-9,13-16H2,1H3. The van der Waals surface area contributed by atoms with Gasteiger partial charge in [0.25, 0.3) is 0 Å². The van der Waals surface area contributed by atoms with Crippen molar-refractivity contribution < 1.29 is 0 Å². The lowest BCUT2D eigenvalue weighted by molar-refractivity contribution is 0.911. The Bertz CT molecular complexity index is 3530. The molecule has 3 heterocycles. The smallest absolute Gasteiger partial charge is 0.0991 e. The molecule has 0 atom stereocenters. The number of hydrogen-bond acceptors (Lipinski definition) is 4. The number of rotatable bonds is 13. The Morgan fingerprint density at radius 1 is 0.356 bits per heavy atom. The molecule has 7 aromatic carbocycles. The molecule has 10 aromatic rings. The molecule has 0 saturated heterocycles. The van der Waals surface area contributed by atoms with Crippen LogP contribution in [0, 0.1) is 18.3 Å². The average Bonchev–Trinajstić information content (AvgIpc) is 4.14. The number of aryl methyl sites for hydroxylation is 9. The van der Waals surface area contributed by atoms with E-state index in [1.54, 1.807) is 0 Å². The van der Waals surface area contributed by atoms with Gasteiger partial charge in [0.15, 0.2) is 0 Å². The van der Waals surface area contributed by atoms with E-state index >= 15 is 0 Å². The summed E-state index contributed by atoms with van der Waals surface area (Å²) in [6.45, 7) is 2.08. The summed E-state index contributed by atoms with van der Waals surface area (Å²) in [5, 5.41) is 9.41. The highest BCUT2D eigenvalue weighted by Crippen LogP contribution is 2.41. The molecule has 2 aliphatic carbocycles. The number of aromatic nitrogens is 3. The van der Waals surface area contributed by atoms with Crippen molar-refractivity contribution in [2.45, 2.75) is 71.1 Å². The highest BCUT2D eigenvalue weighted by Gasteiger charge is 2.18. The Morgan fingerprint density at radius 3 is 1.40 bits per heavy atom. The van der Waals surface area contributed by atoms with Gasteiger partial charge in [-0.15, -0.1) is 0 Å². The first-order valence-electron chi connectivity index (χ1n) is 26.0. The zero-order chi connectivity index (χ0) is 49.1. The summed E-state index contributed by atoms with van der Waals surface area (Å²) >= 11 is 0. The lowest BCUT2D eigenvalue weighted by atomic mass is 9.86. The van der Waals surface area contributed by atoms with Gasteiger partial charge < -0.3 is 0 Å². The van der Waals surface area contributed by atoms with Crippen molar-refractivity contribution in [1.29, 1.82) is 5.26 Å². The molecular weight excluding hydrogens is 885 g/mol. The van der Waals surface area contributed by atoms with Gasteiger partial charge in [-0.1, -0.05) is 146 Å². The van der Waals surface area contributed by atoms with E-state index in [0.29, 0.717) is 5.56 Å². The van der Waals surface area contributed by atoms with Crippen molar-refractivity contribution in [3.05, 3.63) is 256 Å². The zero-order valence-electron chi connectivity index (χ0n) is 41.4. The summed E-state index contributed by atoms with van der Waals surface area (Å²) < 4.78 is 0. The fraction of sp³-hybridized carbons (Fsp3) is 0.159. The third-order valence-corrected chi connectivity index (χ3v) is 15.2. The first kappa shape index (κ1) is 45.6. The average molecular weight is 941 g/mol. The number of hydrogen-bond donors (Lipinski definition) is 0. The minimum absolute atomic E-state index is 0.658. The highest BCUT2D eigenvalue weighted by molar-refractivity contribution is 5.94. The second kappa shape index (κ2) is 20.3. The molecule has 0 unspecified atom stereocenters. The molecule has 3 aromatic heterocycles. The summed E-state index contributed by atoms with van der Waals surface area (Å²) in [7, 11) is 0. The summed E-state index contributed by atoms with van der Waals surface area (Å²) in [4.78, 5) is 14.5. The van der Waals surface area contributed by atoms with Crippen molar-refractivity contribution in [3.8, 4) is 84.3 Å². The summed E-state index contributed by atoms with van der Waals surface area (Å²) in [6.07, 6.45) is 16.9. The van der Waals surface area contributed by atoms with E-state index in [4.69, 9.17) is 15.0 Å². The van der Waals surface area contributed by atoms with E-state index in [-0.39, 0.29) is 0 Å². The van der Waals surface area contributed by atoms with Crippen LogP contribution in [0.25, 0.3) is 78.3 Å². The summed E-state index contributed by atoms with van der Waals surface area (Å²) in [6, 6.07) is 68.9. The van der Waals surface area contributed by atoms with Crippen LogP contribution in [0.3, 0.4) is 0 Å². The van der Waals surface area contributed by atoms with Gasteiger partial charge in [-0.2, -0.15) is 5.26 Å². The fourth-order valence-electron chi connectivity index (χ4n) is 11.1. The molecule has 12 rings (SSSR count). The predicted octanol–water partition coefficient (Wildman–Crippen LogP) is 16.3. The van der Waals surface area contributed by atoms with Crippen LogP contribution in [-0.4, -0.2) is 15.0 Å². The molecule has 0 fully saturated rings. The van der Waals surface area contributed by atoms with E-state index in [2.05, 4.69) is 183 Å². The SMILES string of the molecule is Cc1ccc(-c2ccc(-c3ccccc3-c3cc(CCc4ccc(-c5cc6c(cn5)CCC6)cc4)cc(CCc4ccc(-c5cc6c(cn5)CCC6)cc4)c3)c(-c3ccc(-c4ccc(C#N)cc4)cc3)c2)nc1. The Hall–Kier alpha value is -8.52. The topological polar surface area (TPSA) is 62.5 Å². The zero-order valence-corrected chi connectivity index (χ0v) is 41.4. The van der Waals surface area contributed by atoms with Crippen molar-refractivity contribution in [1.82, 2.24) is 15.0 Å². The molecule has 4 nitrogen and oxygen atoms in total. The Morgan fingerprint density at radius 2 is 0.836 bits per heavy atom. The van der Waals surface area contributed by atoms with E-state index in [0.717, 1.165) is 102 Å². The first-order valence-corrected chi connectivity index (χ1v) is 26.0. The monoisotopic (exact) mass is 940 g/mol. The minimum Gasteiger partial charge on any atom is -0.256 e. The van der Waals surface area contributed by atoms with Gasteiger partial charge in [0.1, 0.15) is 0 Å². The van der Waals surface area contributed by atoms with Gasteiger partial charge >= 0.3 is 0 Å². The Labute approximate surface area is 429 Å². The van der Waals surface area contributed by atoms with Gasteiger partial charge in [-0.3, -0.25) is 15.0 Å². The maximum atomic E-state index is 9.41. The van der Waals surface area contributed by atoms with Gasteiger partial charge in [-0.05, 0) is 202 Å². The molecule has 4 heteroatoms. The molecular formula is C69H56N4. The second-order valence-corrected chi connectivity index (χ2v) is 20.1. The van der Waals surface area contributed by atoms with Crippen LogP contribution in [0.1, 0.15) is 68.5 Å². The van der Waals surface area contributed by atoms with Crippen LogP contribution in [0.5, 0.6) is 0 Å². The van der Waals surface area contributed by atoms with Gasteiger partial charge in [-0.25, -0.2) is 0 Å². The molecule has 0 amide bonds. The molecule has 0 N–H and O–H groups in total. The van der Waals surface area contributed by atoms with Crippen molar-refractivity contribution in [2.24, 2.45) is 0 Å². The maximum Gasteiger partial charge on any atom is 0.0991 e. The summed E-state index contributed by atoms with van der Waals surface area (Å²) in [5.74, 6) is 0. The van der Waals surface area contributed by atoms with E-state index in [9.17, 15) is 5.26 Å². The molecule has 352 valence electrons. The fourth-order valence-corrected chi connectivity index (χ4v) is 11.1. The quantitative estimate of drug-likeness (QED) is 0.116. The molecule has 0 aliphatic heterocycles. The number of pyridine rings is 3. The molecule has 2 aliphatic rings. The predicted molar refractivity (Wildman–Crippen MR) is 299 cm³/mol. The van der Waals surface area contributed by atoms with Crippen LogP contribution in [0.15, 0.2) is 201 Å². The van der Waals surface area contributed by atoms with Crippen LogP contribution in [0.4, 0.5) is 0 Å². The lowest BCUT2D eigenvalue weighted by Crippen LogP contribution is -1.98. The van der Waals surface area contributed by atoms with Crippen molar-refractivity contribution >= 4 is 0 Å². The molecule has 0 spiro atoms. The molecule has 0 bridgehead atoms. The van der Waals surface area contributed by atoms with E-state index in [1.165, 1.54) is 90.7 Å².